The smallest absolute Gasteiger partial charge is 0.374 e. The Morgan fingerprint density at radius 1 is 1.19 bits per heavy atom. The normalized spacial score (nSPS) is 10.2. The van der Waals surface area contributed by atoms with Crippen molar-refractivity contribution in [3.63, 3.8) is 0 Å². The number of hydrogen-bond donors (Lipinski definition) is 0. The van der Waals surface area contributed by atoms with Crippen LogP contribution in [0.5, 0.6) is 0 Å². The van der Waals surface area contributed by atoms with Gasteiger partial charge in [0.15, 0.2) is 0 Å². The van der Waals surface area contributed by atoms with Gasteiger partial charge in [0, 0.05) is 6.42 Å². The number of rotatable bonds is 5. The van der Waals surface area contributed by atoms with Crippen LogP contribution in [-0.2, 0) is 20.7 Å². The molecule has 0 aliphatic heterocycles. The maximum Gasteiger partial charge on any atom is 0.374 e. The minimum atomic E-state index is -0.738. The van der Waals surface area contributed by atoms with Crippen molar-refractivity contribution in [2.75, 3.05) is 6.61 Å². The minimum absolute atomic E-state index is 0.109. The average molecular weight is 220 g/mol. The molecule has 0 N–H and O–H groups in total. The molecule has 0 aliphatic carbocycles. The summed E-state index contributed by atoms with van der Waals surface area (Å²) in [7, 11) is 0. The van der Waals surface area contributed by atoms with Gasteiger partial charge in [-0.3, -0.25) is 4.79 Å². The maximum absolute atomic E-state index is 11.5. The van der Waals surface area contributed by atoms with Crippen molar-refractivity contribution in [3.05, 3.63) is 35.9 Å². The first-order valence-electron chi connectivity index (χ1n) is 5.33. The Labute approximate surface area is 95.4 Å². The van der Waals surface area contributed by atoms with Gasteiger partial charge >= 0.3 is 5.97 Å². The van der Waals surface area contributed by atoms with Crippen LogP contribution in [-0.4, -0.2) is 18.4 Å². The summed E-state index contributed by atoms with van der Waals surface area (Å²) < 4.78 is 4.85. The van der Waals surface area contributed by atoms with E-state index < -0.39 is 11.8 Å². The highest BCUT2D eigenvalue weighted by Crippen LogP contribution is 2.02. The topological polar surface area (TPSA) is 43.4 Å². The summed E-state index contributed by atoms with van der Waals surface area (Å²) in [5.74, 6) is -0.988. The highest BCUT2D eigenvalue weighted by molar-refractivity contribution is 6.34. The van der Waals surface area contributed by atoms with Crippen LogP contribution in [0, 0.1) is 5.92 Å². The van der Waals surface area contributed by atoms with Crippen LogP contribution in [0.25, 0.3) is 0 Å². The summed E-state index contributed by atoms with van der Waals surface area (Å²) >= 11 is 0. The van der Waals surface area contributed by atoms with Crippen LogP contribution in [0.2, 0.25) is 0 Å². The second kappa shape index (κ2) is 6.05. The number of esters is 1. The third-order valence-electron chi connectivity index (χ3n) is 1.98. The molecule has 0 bridgehead atoms. The van der Waals surface area contributed by atoms with Crippen molar-refractivity contribution in [3.8, 4) is 0 Å². The minimum Gasteiger partial charge on any atom is -0.460 e. The summed E-state index contributed by atoms with van der Waals surface area (Å²) in [6.45, 7) is 4.14. The molecule has 0 heterocycles. The van der Waals surface area contributed by atoms with Crippen LogP contribution in [0.1, 0.15) is 19.4 Å². The highest BCUT2D eigenvalue weighted by atomic mass is 16.5. The van der Waals surface area contributed by atoms with Crippen LogP contribution in [0.3, 0.4) is 0 Å². The van der Waals surface area contributed by atoms with E-state index in [1.807, 2.05) is 44.2 Å². The van der Waals surface area contributed by atoms with Gasteiger partial charge in [-0.25, -0.2) is 4.79 Å². The van der Waals surface area contributed by atoms with E-state index in [2.05, 4.69) is 0 Å². The van der Waals surface area contributed by atoms with E-state index in [4.69, 9.17) is 4.74 Å². The lowest BCUT2D eigenvalue weighted by Crippen LogP contribution is -2.21. The summed E-state index contributed by atoms with van der Waals surface area (Å²) in [6, 6.07) is 9.16. The first-order chi connectivity index (χ1) is 7.59. The lowest BCUT2D eigenvalue weighted by Gasteiger charge is -2.06. The molecular formula is C13H16O3. The molecule has 0 fully saturated rings. The lowest BCUT2D eigenvalue weighted by atomic mass is 10.1. The van der Waals surface area contributed by atoms with Gasteiger partial charge in [-0.1, -0.05) is 44.2 Å². The van der Waals surface area contributed by atoms with Crippen molar-refractivity contribution < 1.29 is 14.3 Å². The largest absolute Gasteiger partial charge is 0.460 e. The van der Waals surface area contributed by atoms with Crippen LogP contribution in [0.4, 0.5) is 0 Å². The van der Waals surface area contributed by atoms with E-state index in [0.717, 1.165) is 5.56 Å². The zero-order valence-corrected chi connectivity index (χ0v) is 9.60. The molecule has 0 aromatic heterocycles. The third kappa shape index (κ3) is 4.26. The lowest BCUT2D eigenvalue weighted by molar-refractivity contribution is -0.154. The Morgan fingerprint density at radius 3 is 2.38 bits per heavy atom. The first-order valence-corrected chi connectivity index (χ1v) is 5.33. The number of Topliss-reactive ketones (excluding diaryl/α,β-unsaturated/α-hetero) is 1. The number of benzene rings is 1. The number of hydrogen-bond acceptors (Lipinski definition) is 3. The quantitative estimate of drug-likeness (QED) is 0.563. The summed E-state index contributed by atoms with van der Waals surface area (Å²) in [6.07, 6.45) is 0.109. The summed E-state index contributed by atoms with van der Waals surface area (Å²) in [4.78, 5) is 22.7. The molecule has 1 aromatic carbocycles. The van der Waals surface area contributed by atoms with Gasteiger partial charge < -0.3 is 4.74 Å². The molecule has 0 amide bonds. The van der Waals surface area contributed by atoms with E-state index >= 15 is 0 Å². The van der Waals surface area contributed by atoms with E-state index in [-0.39, 0.29) is 12.3 Å². The molecule has 0 spiro atoms. The molecule has 0 saturated heterocycles. The van der Waals surface area contributed by atoms with Gasteiger partial charge in [-0.05, 0) is 11.5 Å². The maximum atomic E-state index is 11.5. The zero-order valence-electron chi connectivity index (χ0n) is 9.60. The molecule has 3 heteroatoms. The molecule has 1 rings (SSSR count). The molecule has 0 aliphatic rings. The van der Waals surface area contributed by atoms with Crippen molar-refractivity contribution >= 4 is 11.8 Å². The average Bonchev–Trinajstić information content (AvgIpc) is 2.27. The van der Waals surface area contributed by atoms with Crippen LogP contribution < -0.4 is 0 Å². The Bertz CT molecular complexity index is 355. The predicted octanol–water partition coefficient (Wildman–Crippen LogP) is 2.00. The van der Waals surface area contributed by atoms with Crippen molar-refractivity contribution in [2.45, 2.75) is 20.3 Å². The molecule has 0 saturated carbocycles. The van der Waals surface area contributed by atoms with Crippen LogP contribution >= 0.6 is 0 Å². The van der Waals surface area contributed by atoms with Crippen molar-refractivity contribution in [1.29, 1.82) is 0 Å². The second-order valence-corrected chi connectivity index (χ2v) is 4.08. The molecule has 0 atom stereocenters. The van der Waals surface area contributed by atoms with E-state index in [9.17, 15) is 9.59 Å². The molecular weight excluding hydrogens is 204 g/mol. The van der Waals surface area contributed by atoms with Gasteiger partial charge in [0.1, 0.15) is 0 Å². The number of ether oxygens (including phenoxy) is 1. The predicted molar refractivity (Wildman–Crippen MR) is 61.0 cm³/mol. The number of carbonyl (C=O) groups is 2. The Morgan fingerprint density at radius 2 is 1.81 bits per heavy atom. The molecule has 0 radical (unpaired) electrons. The van der Waals surface area contributed by atoms with E-state index in [0.29, 0.717) is 6.61 Å². The number of ketones is 1. The van der Waals surface area contributed by atoms with Crippen molar-refractivity contribution in [2.24, 2.45) is 5.92 Å². The molecule has 86 valence electrons. The van der Waals surface area contributed by atoms with Gasteiger partial charge in [-0.15, -0.1) is 0 Å². The Balaban J connectivity index is 2.44. The summed E-state index contributed by atoms with van der Waals surface area (Å²) in [5, 5.41) is 0. The molecule has 16 heavy (non-hydrogen) atoms. The molecule has 1 aromatic rings. The van der Waals surface area contributed by atoms with Crippen LogP contribution in [0.15, 0.2) is 30.3 Å². The SMILES string of the molecule is CC(C)COC(=O)C(=O)Cc1ccccc1. The molecule has 3 nitrogen and oxygen atoms in total. The fourth-order valence-electron chi connectivity index (χ4n) is 1.18. The third-order valence-corrected chi connectivity index (χ3v) is 1.98. The van der Waals surface area contributed by atoms with Gasteiger partial charge in [0.2, 0.25) is 5.78 Å². The first kappa shape index (κ1) is 12.4. The zero-order chi connectivity index (χ0) is 12.0. The fourth-order valence-corrected chi connectivity index (χ4v) is 1.18. The monoisotopic (exact) mass is 220 g/mol. The number of carbonyl (C=O) groups excluding carboxylic acids is 2. The summed E-state index contributed by atoms with van der Waals surface area (Å²) in [5.41, 5.74) is 0.828. The standard InChI is InChI=1S/C13H16O3/c1-10(2)9-16-13(15)12(14)8-11-6-4-3-5-7-11/h3-7,10H,8-9H2,1-2H3. The van der Waals surface area contributed by atoms with Gasteiger partial charge in [0.25, 0.3) is 0 Å². The highest BCUT2D eigenvalue weighted by Gasteiger charge is 2.15. The van der Waals surface area contributed by atoms with Gasteiger partial charge in [0.05, 0.1) is 6.61 Å². The second-order valence-electron chi connectivity index (χ2n) is 4.08. The Hall–Kier alpha value is -1.64. The fraction of sp³-hybridized carbons (Fsp3) is 0.385. The van der Waals surface area contributed by atoms with E-state index in [1.165, 1.54) is 0 Å². The van der Waals surface area contributed by atoms with E-state index in [1.54, 1.807) is 0 Å². The molecule has 0 unspecified atom stereocenters. The van der Waals surface area contributed by atoms with Gasteiger partial charge in [-0.2, -0.15) is 0 Å². The van der Waals surface area contributed by atoms with Crippen molar-refractivity contribution in [1.82, 2.24) is 0 Å². The Kier molecular flexibility index (Phi) is 4.70.